The van der Waals surface area contributed by atoms with Crippen LogP contribution in [-0.2, 0) is 0 Å². The molecule has 0 saturated carbocycles. The maximum Gasteiger partial charge on any atom is 0.137 e. The number of rotatable bonds is 1. The molecule has 11 heavy (non-hydrogen) atoms. The molecular formula is C6H4BClFNS. The number of hydrogen-bond donors (Lipinski definition) is 1. The van der Waals surface area contributed by atoms with E-state index in [2.05, 4.69) is 0 Å². The first-order chi connectivity index (χ1) is 5.15. The van der Waals surface area contributed by atoms with Crippen molar-refractivity contribution in [3.05, 3.63) is 23.0 Å². The molecule has 1 rings (SSSR count). The Kier molecular flexibility index (Phi) is 2.81. The van der Waals surface area contributed by atoms with Crippen molar-refractivity contribution in [3.63, 3.8) is 0 Å². The zero-order chi connectivity index (χ0) is 8.43. The molecular weight excluding hydrogens is 183 g/mol. The molecule has 0 heterocycles. The predicted molar refractivity (Wildman–Crippen MR) is 46.8 cm³/mol. The monoisotopic (exact) mass is 187 g/mol. The molecule has 0 spiro atoms. The van der Waals surface area contributed by atoms with Crippen LogP contribution in [0, 0.1) is 5.82 Å². The first-order valence-electron chi connectivity index (χ1n) is 2.76. The van der Waals surface area contributed by atoms with Crippen LogP contribution in [-0.4, -0.2) is 7.85 Å². The SMILES string of the molecule is [B]c1cc(F)c(SN)cc1Cl. The van der Waals surface area contributed by atoms with Gasteiger partial charge in [-0.25, -0.2) is 4.39 Å². The van der Waals surface area contributed by atoms with Crippen LogP contribution in [0.15, 0.2) is 17.0 Å². The summed E-state index contributed by atoms with van der Waals surface area (Å²) in [7, 11) is 5.32. The van der Waals surface area contributed by atoms with Gasteiger partial charge in [0.15, 0.2) is 0 Å². The van der Waals surface area contributed by atoms with E-state index in [1.165, 1.54) is 6.07 Å². The Hall–Kier alpha value is -0.185. The van der Waals surface area contributed by atoms with Crippen molar-refractivity contribution in [2.45, 2.75) is 4.90 Å². The summed E-state index contributed by atoms with van der Waals surface area (Å²) in [6, 6.07) is 2.55. The van der Waals surface area contributed by atoms with E-state index in [0.717, 1.165) is 18.0 Å². The van der Waals surface area contributed by atoms with Crippen LogP contribution in [0.4, 0.5) is 4.39 Å². The lowest BCUT2D eigenvalue weighted by molar-refractivity contribution is 0.603. The Morgan fingerprint density at radius 2 is 2.18 bits per heavy atom. The highest BCUT2D eigenvalue weighted by atomic mass is 35.5. The van der Waals surface area contributed by atoms with Crippen molar-refractivity contribution in [1.82, 2.24) is 0 Å². The molecule has 1 aromatic rings. The van der Waals surface area contributed by atoms with Crippen molar-refractivity contribution >= 4 is 36.9 Å². The summed E-state index contributed by atoms with van der Waals surface area (Å²) in [5, 5.41) is 5.47. The average molecular weight is 187 g/mol. The molecule has 1 nitrogen and oxygen atoms in total. The molecule has 0 atom stereocenters. The van der Waals surface area contributed by atoms with Crippen molar-refractivity contribution < 1.29 is 4.39 Å². The van der Waals surface area contributed by atoms with E-state index in [4.69, 9.17) is 24.6 Å². The third-order valence-corrected chi connectivity index (χ3v) is 2.07. The Bertz CT molecular complexity index is 282. The number of halogens is 2. The molecule has 1 aromatic carbocycles. The van der Waals surface area contributed by atoms with Gasteiger partial charge in [-0.1, -0.05) is 17.1 Å². The quantitative estimate of drug-likeness (QED) is 0.529. The van der Waals surface area contributed by atoms with E-state index in [0.29, 0.717) is 9.92 Å². The molecule has 0 amide bonds. The average Bonchev–Trinajstić information content (AvgIpc) is 1.97. The van der Waals surface area contributed by atoms with E-state index in [1.807, 2.05) is 0 Å². The Morgan fingerprint density at radius 3 is 2.73 bits per heavy atom. The second-order valence-corrected chi connectivity index (χ2v) is 3.00. The van der Waals surface area contributed by atoms with Crippen LogP contribution in [0.2, 0.25) is 5.02 Å². The van der Waals surface area contributed by atoms with Gasteiger partial charge in [-0.2, -0.15) is 0 Å². The summed E-state index contributed by atoms with van der Waals surface area (Å²) in [5.41, 5.74) is 0.224. The first kappa shape index (κ1) is 8.91. The van der Waals surface area contributed by atoms with Crippen LogP contribution in [0.1, 0.15) is 0 Å². The molecule has 0 fully saturated rings. The van der Waals surface area contributed by atoms with E-state index in [9.17, 15) is 4.39 Å². The second-order valence-electron chi connectivity index (χ2n) is 1.92. The standard InChI is InChI=1S/C6H4BClFNS/c7-3-1-5(9)6(11-10)2-4(3)8/h1-2H,10H2. The van der Waals surface area contributed by atoms with Crippen molar-refractivity contribution in [2.75, 3.05) is 0 Å². The number of hydrogen-bond acceptors (Lipinski definition) is 2. The largest absolute Gasteiger partial charge is 0.274 e. The summed E-state index contributed by atoms with van der Waals surface area (Å²) in [6.07, 6.45) is 0. The third kappa shape index (κ3) is 1.89. The lowest BCUT2D eigenvalue weighted by atomic mass is 9.96. The van der Waals surface area contributed by atoms with Gasteiger partial charge in [-0.3, -0.25) is 5.14 Å². The molecule has 0 unspecified atom stereocenters. The minimum atomic E-state index is -0.445. The number of nitrogens with two attached hydrogens (primary N) is 1. The zero-order valence-electron chi connectivity index (χ0n) is 5.47. The number of benzene rings is 1. The normalized spacial score (nSPS) is 10.1. The zero-order valence-corrected chi connectivity index (χ0v) is 7.05. The molecule has 0 aliphatic rings. The fraction of sp³-hybridized carbons (Fsp3) is 0. The van der Waals surface area contributed by atoms with Crippen LogP contribution < -0.4 is 10.6 Å². The highest BCUT2D eigenvalue weighted by molar-refractivity contribution is 7.97. The van der Waals surface area contributed by atoms with E-state index < -0.39 is 5.82 Å². The summed E-state index contributed by atoms with van der Waals surface area (Å²) in [5.74, 6) is -0.445. The highest BCUT2D eigenvalue weighted by Crippen LogP contribution is 2.19. The van der Waals surface area contributed by atoms with Crippen molar-refractivity contribution in [3.8, 4) is 0 Å². The minimum Gasteiger partial charge on any atom is -0.274 e. The Labute approximate surface area is 74.7 Å². The van der Waals surface area contributed by atoms with Crippen LogP contribution in [0.3, 0.4) is 0 Å². The van der Waals surface area contributed by atoms with Gasteiger partial charge in [0.05, 0.1) is 4.90 Å². The molecule has 2 radical (unpaired) electrons. The van der Waals surface area contributed by atoms with Gasteiger partial charge < -0.3 is 0 Å². The molecule has 2 N–H and O–H groups in total. The predicted octanol–water partition coefficient (Wildman–Crippen LogP) is 1.24. The Balaban J connectivity index is 3.21. The maximum absolute atomic E-state index is 12.8. The highest BCUT2D eigenvalue weighted by Gasteiger charge is 2.03. The topological polar surface area (TPSA) is 26.0 Å². The molecule has 0 saturated heterocycles. The Morgan fingerprint density at radius 1 is 1.55 bits per heavy atom. The lowest BCUT2D eigenvalue weighted by Crippen LogP contribution is -2.05. The van der Waals surface area contributed by atoms with Gasteiger partial charge in [0, 0.05) is 5.02 Å². The van der Waals surface area contributed by atoms with Crippen molar-refractivity contribution in [2.24, 2.45) is 5.14 Å². The van der Waals surface area contributed by atoms with Gasteiger partial charge in [0.2, 0.25) is 0 Å². The maximum atomic E-state index is 12.8. The van der Waals surface area contributed by atoms with E-state index >= 15 is 0 Å². The van der Waals surface area contributed by atoms with E-state index in [-0.39, 0.29) is 5.46 Å². The summed E-state index contributed by atoms with van der Waals surface area (Å²) in [6.45, 7) is 0. The molecule has 0 bridgehead atoms. The molecule has 56 valence electrons. The lowest BCUT2D eigenvalue weighted by Gasteiger charge is -2.01. The van der Waals surface area contributed by atoms with Gasteiger partial charge in [0.25, 0.3) is 0 Å². The fourth-order valence-electron chi connectivity index (χ4n) is 0.634. The summed E-state index contributed by atoms with van der Waals surface area (Å²) < 4.78 is 12.8. The van der Waals surface area contributed by atoms with Gasteiger partial charge >= 0.3 is 0 Å². The first-order valence-corrected chi connectivity index (χ1v) is 4.02. The van der Waals surface area contributed by atoms with Crippen LogP contribution >= 0.6 is 23.5 Å². The van der Waals surface area contributed by atoms with Gasteiger partial charge in [-0.15, -0.1) is 0 Å². The van der Waals surface area contributed by atoms with Gasteiger partial charge in [-0.05, 0) is 24.1 Å². The minimum absolute atomic E-state index is 0.224. The molecule has 0 aliphatic carbocycles. The second kappa shape index (κ2) is 3.47. The smallest absolute Gasteiger partial charge is 0.137 e. The van der Waals surface area contributed by atoms with Crippen LogP contribution in [0.5, 0.6) is 0 Å². The molecule has 5 heteroatoms. The van der Waals surface area contributed by atoms with Gasteiger partial charge in [0.1, 0.15) is 13.7 Å². The molecule has 0 aromatic heterocycles. The molecule has 0 aliphatic heterocycles. The fourth-order valence-corrected chi connectivity index (χ4v) is 1.22. The third-order valence-electron chi connectivity index (χ3n) is 1.18. The van der Waals surface area contributed by atoms with Crippen molar-refractivity contribution in [1.29, 1.82) is 0 Å². The summed E-state index contributed by atoms with van der Waals surface area (Å²) >= 11 is 6.41. The van der Waals surface area contributed by atoms with E-state index in [1.54, 1.807) is 0 Å². The van der Waals surface area contributed by atoms with Crippen LogP contribution in [0.25, 0.3) is 0 Å². The summed E-state index contributed by atoms with van der Waals surface area (Å²) in [4.78, 5) is 0.296.